The molecule has 3 heterocycles. The molecule has 0 unspecified atom stereocenters. The largest absolute Gasteiger partial charge is 0.351 e. The molecule has 0 atom stereocenters. The zero-order valence-electron chi connectivity index (χ0n) is 13.4. The molecule has 126 valence electrons. The number of piperazine rings is 1. The van der Waals surface area contributed by atoms with Crippen molar-refractivity contribution in [1.82, 2.24) is 20.1 Å². The van der Waals surface area contributed by atoms with Crippen LogP contribution in [0.5, 0.6) is 0 Å². The summed E-state index contributed by atoms with van der Waals surface area (Å²) in [5.41, 5.74) is 1.35. The van der Waals surface area contributed by atoms with Crippen molar-refractivity contribution in [3.63, 3.8) is 0 Å². The average Bonchev–Trinajstić information content (AvgIpc) is 3.17. The number of carbonyl (C=O) groups excluding carboxylic acids is 2. The second-order valence-corrected chi connectivity index (χ2v) is 6.42. The van der Waals surface area contributed by atoms with Crippen LogP contribution in [0.3, 0.4) is 0 Å². The quantitative estimate of drug-likeness (QED) is 0.889. The highest BCUT2D eigenvalue weighted by molar-refractivity contribution is 7.08. The number of nitrogens with zero attached hydrogens (tertiary/aromatic N) is 3. The van der Waals surface area contributed by atoms with Gasteiger partial charge in [0, 0.05) is 62.6 Å². The lowest BCUT2D eigenvalue weighted by molar-refractivity contribution is 0.0637. The molecule has 1 saturated heterocycles. The number of hydrogen-bond donors (Lipinski definition) is 1. The van der Waals surface area contributed by atoms with Crippen LogP contribution in [0.15, 0.2) is 41.4 Å². The van der Waals surface area contributed by atoms with Crippen molar-refractivity contribution >= 4 is 23.2 Å². The molecule has 0 aromatic carbocycles. The molecular weight excluding hydrogens is 324 g/mol. The van der Waals surface area contributed by atoms with Crippen molar-refractivity contribution in [2.45, 2.75) is 0 Å². The normalized spacial score (nSPS) is 15.2. The Kier molecular flexibility index (Phi) is 5.55. The van der Waals surface area contributed by atoms with Crippen LogP contribution in [0.25, 0.3) is 0 Å². The summed E-state index contributed by atoms with van der Waals surface area (Å²) in [6.07, 6.45) is 3.27. The van der Waals surface area contributed by atoms with Gasteiger partial charge in [0.15, 0.2) is 0 Å². The molecule has 2 aromatic rings. The van der Waals surface area contributed by atoms with Crippen LogP contribution in [0.2, 0.25) is 0 Å². The molecule has 0 aliphatic carbocycles. The second-order valence-electron chi connectivity index (χ2n) is 5.64. The maximum atomic E-state index is 12.4. The van der Waals surface area contributed by atoms with E-state index < -0.39 is 0 Å². The lowest BCUT2D eigenvalue weighted by Crippen LogP contribution is -2.50. The van der Waals surface area contributed by atoms with E-state index >= 15 is 0 Å². The van der Waals surface area contributed by atoms with Gasteiger partial charge in [-0.1, -0.05) is 0 Å². The van der Waals surface area contributed by atoms with Crippen molar-refractivity contribution in [1.29, 1.82) is 0 Å². The first kappa shape index (κ1) is 16.6. The van der Waals surface area contributed by atoms with E-state index in [0.717, 1.165) is 19.6 Å². The van der Waals surface area contributed by atoms with E-state index in [1.54, 1.807) is 24.5 Å². The molecule has 0 spiro atoms. The Morgan fingerprint density at radius 3 is 2.67 bits per heavy atom. The first-order chi connectivity index (χ1) is 11.7. The number of thiophene rings is 1. The summed E-state index contributed by atoms with van der Waals surface area (Å²) in [5.74, 6) is 0.00940. The van der Waals surface area contributed by atoms with Gasteiger partial charge < -0.3 is 10.2 Å². The molecule has 3 rings (SSSR count). The van der Waals surface area contributed by atoms with Gasteiger partial charge in [-0.05, 0) is 23.6 Å². The number of aromatic nitrogens is 1. The Hall–Kier alpha value is -2.25. The van der Waals surface area contributed by atoms with Crippen LogP contribution in [0.4, 0.5) is 0 Å². The lowest BCUT2D eigenvalue weighted by atomic mass is 10.2. The topological polar surface area (TPSA) is 65.5 Å². The summed E-state index contributed by atoms with van der Waals surface area (Å²) >= 11 is 1.52. The van der Waals surface area contributed by atoms with Crippen molar-refractivity contribution < 1.29 is 9.59 Å². The maximum absolute atomic E-state index is 12.4. The van der Waals surface area contributed by atoms with Crippen LogP contribution in [0.1, 0.15) is 20.7 Å². The molecule has 0 radical (unpaired) electrons. The summed E-state index contributed by atoms with van der Waals surface area (Å²) in [6, 6.07) is 5.39. The summed E-state index contributed by atoms with van der Waals surface area (Å²) < 4.78 is 0. The predicted molar refractivity (Wildman–Crippen MR) is 93.2 cm³/mol. The smallest absolute Gasteiger partial charge is 0.255 e. The van der Waals surface area contributed by atoms with Crippen molar-refractivity contribution in [2.24, 2.45) is 0 Å². The van der Waals surface area contributed by atoms with Crippen molar-refractivity contribution in [3.05, 3.63) is 52.5 Å². The first-order valence-corrected chi connectivity index (χ1v) is 8.90. The van der Waals surface area contributed by atoms with E-state index in [1.165, 1.54) is 11.3 Å². The molecule has 0 bridgehead atoms. The number of pyridine rings is 1. The second kappa shape index (κ2) is 8.03. The van der Waals surface area contributed by atoms with E-state index in [4.69, 9.17) is 0 Å². The molecule has 1 N–H and O–H groups in total. The van der Waals surface area contributed by atoms with Crippen molar-refractivity contribution in [2.75, 3.05) is 39.3 Å². The van der Waals surface area contributed by atoms with E-state index in [1.807, 2.05) is 21.7 Å². The third-order valence-electron chi connectivity index (χ3n) is 4.06. The van der Waals surface area contributed by atoms with Gasteiger partial charge in [-0.15, -0.1) is 0 Å². The molecule has 1 fully saturated rings. The summed E-state index contributed by atoms with van der Waals surface area (Å²) in [4.78, 5) is 32.3. The monoisotopic (exact) mass is 344 g/mol. The van der Waals surface area contributed by atoms with Crippen molar-refractivity contribution in [3.8, 4) is 0 Å². The highest BCUT2D eigenvalue weighted by Crippen LogP contribution is 2.08. The van der Waals surface area contributed by atoms with Gasteiger partial charge in [0.05, 0.1) is 5.56 Å². The van der Waals surface area contributed by atoms with Gasteiger partial charge in [-0.2, -0.15) is 11.3 Å². The number of carbonyl (C=O) groups is 2. The van der Waals surface area contributed by atoms with Crippen LogP contribution in [-0.4, -0.2) is 65.9 Å². The molecule has 1 aliphatic rings. The lowest BCUT2D eigenvalue weighted by Gasteiger charge is -2.34. The molecule has 2 aromatic heterocycles. The summed E-state index contributed by atoms with van der Waals surface area (Å²) in [5, 5.41) is 6.67. The van der Waals surface area contributed by atoms with Gasteiger partial charge in [-0.3, -0.25) is 19.5 Å². The molecule has 7 heteroatoms. The van der Waals surface area contributed by atoms with E-state index in [-0.39, 0.29) is 11.8 Å². The fraction of sp³-hybridized carbons (Fsp3) is 0.353. The highest BCUT2D eigenvalue weighted by atomic mass is 32.1. The zero-order chi connectivity index (χ0) is 16.8. The standard InChI is InChI=1S/C17H20N4O2S/c22-16(15-3-11-24-13-15)19-5-6-20-7-9-21(10-8-20)17(23)14-2-1-4-18-12-14/h1-4,11-13H,5-10H2,(H,19,22). The Bertz CT molecular complexity index is 667. The molecule has 2 amide bonds. The molecule has 0 saturated carbocycles. The van der Waals surface area contributed by atoms with Crippen LogP contribution < -0.4 is 5.32 Å². The van der Waals surface area contributed by atoms with Crippen LogP contribution >= 0.6 is 11.3 Å². The van der Waals surface area contributed by atoms with Gasteiger partial charge in [0.25, 0.3) is 11.8 Å². The summed E-state index contributed by atoms with van der Waals surface area (Å²) in [6.45, 7) is 4.45. The Labute approximate surface area is 145 Å². The number of amides is 2. The molecule has 24 heavy (non-hydrogen) atoms. The third-order valence-corrected chi connectivity index (χ3v) is 4.75. The number of rotatable bonds is 5. The molecule has 6 nitrogen and oxygen atoms in total. The Balaban J connectivity index is 1.39. The molecular formula is C17H20N4O2S. The number of nitrogens with one attached hydrogen (secondary N) is 1. The Morgan fingerprint density at radius 1 is 1.17 bits per heavy atom. The average molecular weight is 344 g/mol. The van der Waals surface area contributed by atoms with Crippen LogP contribution in [-0.2, 0) is 0 Å². The fourth-order valence-corrected chi connectivity index (χ4v) is 3.31. The minimum absolute atomic E-state index is 0.0263. The SMILES string of the molecule is O=C(NCCN1CCN(C(=O)c2cccnc2)CC1)c1ccsc1. The van der Waals surface area contributed by atoms with Gasteiger partial charge in [0.2, 0.25) is 0 Å². The van der Waals surface area contributed by atoms with Gasteiger partial charge >= 0.3 is 0 Å². The van der Waals surface area contributed by atoms with E-state index in [2.05, 4.69) is 15.2 Å². The van der Waals surface area contributed by atoms with E-state index in [0.29, 0.717) is 30.8 Å². The highest BCUT2D eigenvalue weighted by Gasteiger charge is 2.22. The summed E-state index contributed by atoms with van der Waals surface area (Å²) in [7, 11) is 0. The number of hydrogen-bond acceptors (Lipinski definition) is 5. The van der Waals surface area contributed by atoms with E-state index in [9.17, 15) is 9.59 Å². The zero-order valence-corrected chi connectivity index (χ0v) is 14.2. The fourth-order valence-electron chi connectivity index (χ4n) is 2.67. The third kappa shape index (κ3) is 4.18. The van der Waals surface area contributed by atoms with Crippen LogP contribution in [0, 0.1) is 0 Å². The molecule has 1 aliphatic heterocycles. The minimum Gasteiger partial charge on any atom is -0.351 e. The van der Waals surface area contributed by atoms with Gasteiger partial charge in [-0.25, -0.2) is 0 Å². The first-order valence-electron chi connectivity index (χ1n) is 7.96. The van der Waals surface area contributed by atoms with Gasteiger partial charge in [0.1, 0.15) is 0 Å². The predicted octanol–water partition coefficient (Wildman–Crippen LogP) is 1.33. The Morgan fingerprint density at radius 2 is 2.00 bits per heavy atom. The minimum atomic E-state index is -0.0263. The maximum Gasteiger partial charge on any atom is 0.255 e.